The van der Waals surface area contributed by atoms with Crippen LogP contribution in [0, 0.1) is 13.8 Å². The highest BCUT2D eigenvalue weighted by molar-refractivity contribution is 7.10. The molecule has 3 heterocycles. The first-order chi connectivity index (χ1) is 17.1. The zero-order valence-electron chi connectivity index (χ0n) is 19.5. The Kier molecular flexibility index (Phi) is 6.41. The summed E-state index contributed by atoms with van der Waals surface area (Å²) in [4.78, 5) is 18.2. The second-order valence-electron chi connectivity index (χ2n) is 8.30. The van der Waals surface area contributed by atoms with Gasteiger partial charge in [-0.3, -0.25) is 4.79 Å². The molecule has 35 heavy (non-hydrogen) atoms. The molecule has 0 aliphatic heterocycles. The maximum absolute atomic E-state index is 12.3. The SMILES string of the molecule is Cc1ccccc1-c1cc(NCc2cccc(NC(=O)/C=C/c3cccs3)c2)n2ncc(C)c2n1. The van der Waals surface area contributed by atoms with E-state index in [9.17, 15) is 4.79 Å². The van der Waals surface area contributed by atoms with Gasteiger partial charge in [-0.25, -0.2) is 4.98 Å². The maximum Gasteiger partial charge on any atom is 0.248 e. The number of anilines is 2. The molecule has 0 aliphatic carbocycles. The predicted molar refractivity (Wildman–Crippen MR) is 144 cm³/mol. The van der Waals surface area contributed by atoms with Gasteiger partial charge in [-0.15, -0.1) is 11.3 Å². The van der Waals surface area contributed by atoms with Crippen molar-refractivity contribution in [1.82, 2.24) is 14.6 Å². The summed E-state index contributed by atoms with van der Waals surface area (Å²) in [6, 6.07) is 22.0. The van der Waals surface area contributed by atoms with Crippen LogP contribution in [0.15, 0.2) is 84.4 Å². The van der Waals surface area contributed by atoms with Crippen LogP contribution in [0.2, 0.25) is 0 Å². The molecule has 0 fully saturated rings. The minimum Gasteiger partial charge on any atom is -0.366 e. The number of rotatable bonds is 7. The third kappa shape index (κ3) is 5.15. The normalized spacial score (nSPS) is 11.3. The van der Waals surface area contributed by atoms with Gasteiger partial charge in [0, 0.05) is 40.4 Å². The molecule has 0 aliphatic rings. The summed E-state index contributed by atoms with van der Waals surface area (Å²) in [6.45, 7) is 4.67. The zero-order valence-corrected chi connectivity index (χ0v) is 20.3. The molecule has 1 amide bonds. The van der Waals surface area contributed by atoms with Crippen LogP contribution in [0.4, 0.5) is 11.5 Å². The number of aryl methyl sites for hydroxylation is 2. The van der Waals surface area contributed by atoms with Crippen molar-refractivity contribution in [2.45, 2.75) is 20.4 Å². The summed E-state index contributed by atoms with van der Waals surface area (Å²) in [6.07, 6.45) is 5.20. The Morgan fingerprint density at radius 2 is 1.91 bits per heavy atom. The molecular weight excluding hydrogens is 454 g/mol. The van der Waals surface area contributed by atoms with Crippen molar-refractivity contribution in [1.29, 1.82) is 0 Å². The third-order valence-corrected chi connectivity index (χ3v) is 6.52. The molecule has 5 rings (SSSR count). The molecule has 0 atom stereocenters. The van der Waals surface area contributed by atoms with Crippen LogP contribution in [-0.4, -0.2) is 20.5 Å². The Bertz CT molecular complexity index is 1520. The van der Waals surface area contributed by atoms with E-state index >= 15 is 0 Å². The van der Waals surface area contributed by atoms with Crippen molar-refractivity contribution in [2.75, 3.05) is 10.6 Å². The van der Waals surface area contributed by atoms with Gasteiger partial charge in [0.2, 0.25) is 5.91 Å². The van der Waals surface area contributed by atoms with Gasteiger partial charge in [0.05, 0.1) is 11.9 Å². The van der Waals surface area contributed by atoms with E-state index in [2.05, 4.69) is 34.8 Å². The highest BCUT2D eigenvalue weighted by Gasteiger charge is 2.12. The van der Waals surface area contributed by atoms with E-state index in [1.165, 1.54) is 5.56 Å². The molecule has 0 spiro atoms. The molecule has 5 aromatic rings. The van der Waals surface area contributed by atoms with Gasteiger partial charge in [-0.2, -0.15) is 9.61 Å². The fourth-order valence-electron chi connectivity index (χ4n) is 3.88. The molecule has 0 saturated carbocycles. The standard InChI is InChI=1S/C28H25N5OS/c1-19-7-3-4-11-24(19)25-16-26(33-28(32-25)20(2)17-30-33)29-18-21-8-5-9-22(15-21)31-27(34)13-12-23-10-6-14-35-23/h3-17,29H,18H2,1-2H3,(H,31,34)/b13-12+. The van der Waals surface area contributed by atoms with Crippen LogP contribution in [0.3, 0.4) is 0 Å². The first-order valence-electron chi connectivity index (χ1n) is 11.3. The predicted octanol–water partition coefficient (Wildman–Crippen LogP) is 6.34. The van der Waals surface area contributed by atoms with Crippen molar-refractivity contribution >= 4 is 40.5 Å². The van der Waals surface area contributed by atoms with E-state index in [1.807, 2.05) is 83.7 Å². The maximum atomic E-state index is 12.3. The monoisotopic (exact) mass is 479 g/mol. The topological polar surface area (TPSA) is 71.3 Å². The minimum absolute atomic E-state index is 0.158. The first kappa shape index (κ1) is 22.6. The quantitative estimate of drug-likeness (QED) is 0.267. The lowest BCUT2D eigenvalue weighted by atomic mass is 10.1. The van der Waals surface area contributed by atoms with Crippen LogP contribution in [0.5, 0.6) is 0 Å². The van der Waals surface area contributed by atoms with Gasteiger partial charge in [-0.1, -0.05) is 42.5 Å². The summed E-state index contributed by atoms with van der Waals surface area (Å²) < 4.78 is 1.83. The van der Waals surface area contributed by atoms with Crippen molar-refractivity contribution in [3.63, 3.8) is 0 Å². The molecule has 0 unspecified atom stereocenters. The van der Waals surface area contributed by atoms with E-state index in [4.69, 9.17) is 4.98 Å². The fourth-order valence-corrected chi connectivity index (χ4v) is 4.49. The number of carbonyl (C=O) groups is 1. The number of fused-ring (bicyclic) bond motifs is 1. The highest BCUT2D eigenvalue weighted by Crippen LogP contribution is 2.26. The molecule has 2 N–H and O–H groups in total. The van der Waals surface area contributed by atoms with Crippen molar-refractivity contribution < 1.29 is 4.79 Å². The van der Waals surface area contributed by atoms with Gasteiger partial charge >= 0.3 is 0 Å². The van der Waals surface area contributed by atoms with Crippen LogP contribution < -0.4 is 10.6 Å². The van der Waals surface area contributed by atoms with E-state index in [0.717, 1.165) is 44.4 Å². The molecule has 0 saturated heterocycles. The van der Waals surface area contributed by atoms with E-state index in [-0.39, 0.29) is 5.91 Å². The summed E-state index contributed by atoms with van der Waals surface area (Å²) in [5, 5.41) is 12.9. The van der Waals surface area contributed by atoms with Gasteiger partial charge in [0.15, 0.2) is 5.65 Å². The molecular formula is C28H25N5OS. The highest BCUT2D eigenvalue weighted by atomic mass is 32.1. The lowest BCUT2D eigenvalue weighted by molar-refractivity contribution is -0.111. The molecule has 0 radical (unpaired) electrons. The van der Waals surface area contributed by atoms with Crippen LogP contribution in [0.1, 0.15) is 21.6 Å². The fraction of sp³-hybridized carbons (Fsp3) is 0.107. The second-order valence-corrected chi connectivity index (χ2v) is 9.28. The van der Waals surface area contributed by atoms with Gasteiger partial charge in [0.1, 0.15) is 5.82 Å². The largest absolute Gasteiger partial charge is 0.366 e. The lowest BCUT2D eigenvalue weighted by Gasteiger charge is -2.13. The van der Waals surface area contributed by atoms with E-state index < -0.39 is 0 Å². The molecule has 2 aromatic carbocycles. The summed E-state index contributed by atoms with van der Waals surface area (Å²) in [5.74, 6) is 0.698. The zero-order chi connectivity index (χ0) is 24.2. The second kappa shape index (κ2) is 9.95. The van der Waals surface area contributed by atoms with Crippen molar-refractivity contribution in [3.05, 3.63) is 106 Å². The molecule has 7 heteroatoms. The molecule has 3 aromatic heterocycles. The van der Waals surface area contributed by atoms with Crippen LogP contribution in [0.25, 0.3) is 23.0 Å². The van der Waals surface area contributed by atoms with E-state index in [0.29, 0.717) is 6.54 Å². The first-order valence-corrected chi connectivity index (χ1v) is 12.2. The summed E-state index contributed by atoms with van der Waals surface area (Å²) in [5.41, 5.74) is 6.80. The smallest absolute Gasteiger partial charge is 0.248 e. The molecule has 174 valence electrons. The third-order valence-electron chi connectivity index (χ3n) is 5.68. The number of benzene rings is 2. The Hall–Kier alpha value is -4.23. The Balaban J connectivity index is 1.35. The number of hydrogen-bond donors (Lipinski definition) is 2. The number of nitrogens with one attached hydrogen (secondary N) is 2. The Labute approximate surface area is 208 Å². The minimum atomic E-state index is -0.158. The van der Waals surface area contributed by atoms with Gasteiger partial charge in [-0.05, 0) is 54.6 Å². The average molecular weight is 480 g/mol. The number of carbonyl (C=O) groups excluding carboxylic acids is 1. The Morgan fingerprint density at radius 3 is 2.74 bits per heavy atom. The van der Waals surface area contributed by atoms with Crippen LogP contribution in [-0.2, 0) is 11.3 Å². The number of nitrogens with zero attached hydrogens (tertiary/aromatic N) is 3. The van der Waals surface area contributed by atoms with Crippen molar-refractivity contribution in [3.8, 4) is 11.3 Å². The lowest BCUT2D eigenvalue weighted by Crippen LogP contribution is -2.09. The van der Waals surface area contributed by atoms with Gasteiger partial charge < -0.3 is 10.6 Å². The number of hydrogen-bond acceptors (Lipinski definition) is 5. The number of aromatic nitrogens is 3. The Morgan fingerprint density at radius 1 is 1.03 bits per heavy atom. The molecule has 6 nitrogen and oxygen atoms in total. The summed E-state index contributed by atoms with van der Waals surface area (Å²) in [7, 11) is 0. The van der Waals surface area contributed by atoms with E-state index in [1.54, 1.807) is 17.4 Å². The number of thiophene rings is 1. The van der Waals surface area contributed by atoms with Crippen molar-refractivity contribution in [2.24, 2.45) is 0 Å². The van der Waals surface area contributed by atoms with Gasteiger partial charge in [0.25, 0.3) is 0 Å². The molecule has 0 bridgehead atoms. The summed E-state index contributed by atoms with van der Waals surface area (Å²) >= 11 is 1.59. The number of amides is 1. The van der Waals surface area contributed by atoms with Crippen LogP contribution >= 0.6 is 11.3 Å². The average Bonchev–Trinajstić information content (AvgIpc) is 3.52.